The van der Waals surface area contributed by atoms with Crippen LogP contribution >= 0.6 is 0 Å². The second-order valence-electron chi connectivity index (χ2n) is 7.82. The summed E-state index contributed by atoms with van der Waals surface area (Å²) >= 11 is 0. The summed E-state index contributed by atoms with van der Waals surface area (Å²) < 4.78 is 66.0. The van der Waals surface area contributed by atoms with Crippen molar-refractivity contribution in [3.63, 3.8) is 0 Å². The summed E-state index contributed by atoms with van der Waals surface area (Å²) in [5.74, 6) is -5.03. The molecule has 0 saturated carbocycles. The highest BCUT2D eigenvalue weighted by Crippen LogP contribution is 2.44. The van der Waals surface area contributed by atoms with E-state index in [1.807, 2.05) is 0 Å². The molecule has 1 spiro atoms. The number of anilines is 1. The zero-order chi connectivity index (χ0) is 21.9. The fourth-order valence-corrected chi connectivity index (χ4v) is 5.90. The Morgan fingerprint density at radius 2 is 1.81 bits per heavy atom. The lowest BCUT2D eigenvalue weighted by Gasteiger charge is -2.31. The molecule has 0 bridgehead atoms. The van der Waals surface area contributed by atoms with Gasteiger partial charge in [0.2, 0.25) is 10.0 Å². The van der Waals surface area contributed by atoms with Crippen molar-refractivity contribution in [1.82, 2.24) is 4.31 Å². The number of hydrogen-bond donors (Lipinski definition) is 1. The molecule has 2 saturated heterocycles. The number of sulfonamides is 1. The van der Waals surface area contributed by atoms with Crippen LogP contribution in [-0.4, -0.2) is 50.9 Å². The molecule has 1 N–H and O–H groups in total. The van der Waals surface area contributed by atoms with Gasteiger partial charge < -0.3 is 14.8 Å². The zero-order valence-corrected chi connectivity index (χ0v) is 17.3. The Morgan fingerprint density at radius 1 is 1.06 bits per heavy atom. The fourth-order valence-electron chi connectivity index (χ4n) is 4.22. The molecular formula is C21H20F2N2O5S. The summed E-state index contributed by atoms with van der Waals surface area (Å²) in [6, 6.07) is 11.2. The minimum Gasteiger partial charge on any atom is -0.338 e. The Bertz CT molecular complexity index is 1160. The minimum absolute atomic E-state index is 0.0653. The van der Waals surface area contributed by atoms with Gasteiger partial charge in [-0.25, -0.2) is 17.2 Å². The lowest BCUT2D eigenvalue weighted by molar-refractivity contribution is -0.255. The topological polar surface area (TPSA) is 84.9 Å². The summed E-state index contributed by atoms with van der Waals surface area (Å²) in [5, 5.41) is 2.74. The predicted molar refractivity (Wildman–Crippen MR) is 107 cm³/mol. The molecule has 0 radical (unpaired) electrons. The average molecular weight is 450 g/mol. The molecule has 0 aliphatic carbocycles. The van der Waals surface area contributed by atoms with Crippen LogP contribution in [0.1, 0.15) is 18.4 Å². The monoisotopic (exact) mass is 450 g/mol. The molecule has 0 atom stereocenters. The highest BCUT2D eigenvalue weighted by molar-refractivity contribution is 7.89. The molecule has 2 aromatic carbocycles. The molecule has 2 aromatic rings. The normalized spacial score (nSPS) is 22.5. The van der Waals surface area contributed by atoms with E-state index >= 15 is 0 Å². The molecule has 31 heavy (non-hydrogen) atoms. The number of carbonyl (C=O) groups excluding carboxylic acids is 1. The van der Waals surface area contributed by atoms with Gasteiger partial charge in [-0.15, -0.1) is 0 Å². The maximum Gasteiger partial charge on any atom is 0.289 e. The van der Waals surface area contributed by atoms with Crippen molar-refractivity contribution in [2.75, 3.05) is 31.6 Å². The second-order valence-corrected chi connectivity index (χ2v) is 9.73. The van der Waals surface area contributed by atoms with Crippen molar-refractivity contribution in [3.05, 3.63) is 48.0 Å². The van der Waals surface area contributed by atoms with E-state index in [2.05, 4.69) is 5.32 Å². The lowest BCUT2D eigenvalue weighted by Crippen LogP contribution is -2.43. The summed E-state index contributed by atoms with van der Waals surface area (Å²) in [5.41, 5.74) is 1.85. The summed E-state index contributed by atoms with van der Waals surface area (Å²) in [4.78, 5) is 12.5. The van der Waals surface area contributed by atoms with Gasteiger partial charge in [-0.05, 0) is 30.2 Å². The van der Waals surface area contributed by atoms with Crippen LogP contribution in [0.4, 0.5) is 14.5 Å². The van der Waals surface area contributed by atoms with Crippen molar-refractivity contribution in [1.29, 1.82) is 0 Å². The molecule has 5 rings (SSSR count). The third-order valence-corrected chi connectivity index (χ3v) is 7.67. The highest BCUT2D eigenvalue weighted by atomic mass is 32.2. The van der Waals surface area contributed by atoms with Gasteiger partial charge >= 0.3 is 0 Å². The van der Waals surface area contributed by atoms with Gasteiger partial charge in [0, 0.05) is 24.1 Å². The van der Waals surface area contributed by atoms with E-state index < -0.39 is 40.6 Å². The van der Waals surface area contributed by atoms with Crippen LogP contribution in [0.5, 0.6) is 0 Å². The first-order valence-electron chi connectivity index (χ1n) is 9.94. The van der Waals surface area contributed by atoms with E-state index in [-0.39, 0.29) is 11.4 Å². The molecule has 10 heteroatoms. The van der Waals surface area contributed by atoms with Gasteiger partial charge in [0.15, 0.2) is 0 Å². The lowest BCUT2D eigenvalue weighted by atomic mass is 9.98. The first-order chi connectivity index (χ1) is 14.7. The van der Waals surface area contributed by atoms with Crippen LogP contribution in [0.25, 0.3) is 11.1 Å². The summed E-state index contributed by atoms with van der Waals surface area (Å²) in [6.07, 6.45) is 0.157. The van der Waals surface area contributed by atoms with Crippen molar-refractivity contribution in [3.8, 4) is 11.1 Å². The van der Waals surface area contributed by atoms with Gasteiger partial charge in [0.05, 0.1) is 30.3 Å². The van der Waals surface area contributed by atoms with Crippen LogP contribution in [0.3, 0.4) is 0 Å². The Kier molecular flexibility index (Phi) is 4.67. The molecule has 164 valence electrons. The van der Waals surface area contributed by atoms with E-state index in [1.165, 1.54) is 6.07 Å². The summed E-state index contributed by atoms with van der Waals surface area (Å²) in [7, 11) is -4.14. The number of nitrogens with zero attached hydrogens (tertiary/aromatic N) is 1. The highest BCUT2D eigenvalue weighted by Gasteiger charge is 2.51. The van der Waals surface area contributed by atoms with E-state index in [9.17, 15) is 22.0 Å². The van der Waals surface area contributed by atoms with Crippen LogP contribution < -0.4 is 5.32 Å². The Balaban J connectivity index is 1.59. The second kappa shape index (κ2) is 7.06. The Labute approximate surface area is 178 Å². The maximum absolute atomic E-state index is 13.7. The van der Waals surface area contributed by atoms with Crippen LogP contribution in [0.15, 0.2) is 47.4 Å². The number of benzene rings is 2. The van der Waals surface area contributed by atoms with Gasteiger partial charge in [-0.1, -0.05) is 24.3 Å². The van der Waals surface area contributed by atoms with Crippen molar-refractivity contribution >= 4 is 21.6 Å². The molecule has 2 fully saturated rings. The number of carbonyl (C=O) groups is 1. The zero-order valence-electron chi connectivity index (χ0n) is 16.4. The fraction of sp³-hybridized carbons (Fsp3) is 0.381. The molecule has 1 amide bonds. The molecule has 3 heterocycles. The smallest absolute Gasteiger partial charge is 0.289 e. The molecular weight excluding hydrogens is 430 g/mol. The standard InChI is InChI=1S/C21H20F2N2O5S/c22-20(23)8-9-25(13-20)31(27,28)18-5-2-1-4-15(18)14-6-7-17-16(12-14)21(19(26)24-17)29-10-3-11-30-21/h1-2,4-7,12H,3,8-11,13H2,(H,24,26). The van der Waals surface area contributed by atoms with E-state index in [0.717, 1.165) is 4.31 Å². The third kappa shape index (κ3) is 3.25. The SMILES string of the molecule is O=C1Nc2ccc(-c3ccccc3S(=O)(=O)N3CCC(F)(F)C3)cc2C12OCCCO2. The molecule has 3 aliphatic rings. The van der Waals surface area contributed by atoms with Crippen molar-refractivity contribution in [2.45, 2.75) is 29.4 Å². The van der Waals surface area contributed by atoms with Crippen LogP contribution in [0.2, 0.25) is 0 Å². The molecule has 3 aliphatic heterocycles. The van der Waals surface area contributed by atoms with Gasteiger partial charge in [0.25, 0.3) is 17.6 Å². The van der Waals surface area contributed by atoms with Crippen molar-refractivity contribution < 1.29 is 31.5 Å². The third-order valence-electron chi connectivity index (χ3n) is 5.77. The molecule has 0 unspecified atom stereocenters. The number of hydrogen-bond acceptors (Lipinski definition) is 5. The van der Waals surface area contributed by atoms with Gasteiger partial charge in [-0.3, -0.25) is 4.79 Å². The van der Waals surface area contributed by atoms with Gasteiger partial charge in [0.1, 0.15) is 0 Å². The number of nitrogens with one attached hydrogen (secondary N) is 1. The number of alkyl halides is 2. The number of rotatable bonds is 3. The maximum atomic E-state index is 13.7. The van der Waals surface area contributed by atoms with Crippen molar-refractivity contribution in [2.24, 2.45) is 0 Å². The Hall–Kier alpha value is -2.40. The predicted octanol–water partition coefficient (Wildman–Crippen LogP) is 2.93. The number of halogens is 2. The van der Waals surface area contributed by atoms with Crippen LogP contribution in [0, 0.1) is 0 Å². The number of fused-ring (bicyclic) bond motifs is 2. The summed E-state index contributed by atoms with van der Waals surface area (Å²) in [6.45, 7) is -0.370. The number of amides is 1. The van der Waals surface area contributed by atoms with Crippen LogP contribution in [-0.2, 0) is 30.1 Å². The first kappa shape index (κ1) is 20.5. The largest absolute Gasteiger partial charge is 0.338 e. The number of ether oxygens (including phenoxy) is 2. The van der Waals surface area contributed by atoms with E-state index in [1.54, 1.807) is 36.4 Å². The Morgan fingerprint density at radius 3 is 2.52 bits per heavy atom. The molecule has 7 nitrogen and oxygen atoms in total. The quantitative estimate of drug-likeness (QED) is 0.777. The average Bonchev–Trinajstić information content (AvgIpc) is 3.26. The first-order valence-corrected chi connectivity index (χ1v) is 11.4. The van der Waals surface area contributed by atoms with E-state index in [0.29, 0.717) is 42.0 Å². The minimum atomic E-state index is -4.14. The van der Waals surface area contributed by atoms with E-state index in [4.69, 9.17) is 9.47 Å². The van der Waals surface area contributed by atoms with Gasteiger partial charge in [-0.2, -0.15) is 4.31 Å². The molecule has 0 aromatic heterocycles.